The van der Waals surface area contributed by atoms with Crippen LogP contribution >= 0.6 is 7.82 Å². The number of unbranched alkanes of at least 4 members (excludes halogenated alkanes) is 11. The molecule has 0 aliphatic carbocycles. The van der Waals surface area contributed by atoms with E-state index in [1.54, 1.807) is 6.08 Å². The molecule has 0 aliphatic rings. The minimum atomic E-state index is -4.61. The highest BCUT2D eigenvalue weighted by Crippen LogP contribution is 2.38. The minimum Gasteiger partial charge on any atom is -0.756 e. The zero-order chi connectivity index (χ0) is 42.1. The Bertz CT molecular complexity index is 1240. The van der Waals surface area contributed by atoms with Gasteiger partial charge in [0.25, 0.3) is 7.82 Å². The van der Waals surface area contributed by atoms with Crippen molar-refractivity contribution in [2.24, 2.45) is 0 Å². The van der Waals surface area contributed by atoms with Crippen molar-refractivity contribution in [3.8, 4) is 0 Å². The number of carbonyl (C=O) groups excluding carboxylic acids is 1. The van der Waals surface area contributed by atoms with E-state index in [4.69, 9.17) is 9.05 Å². The highest BCUT2D eigenvalue weighted by atomic mass is 31.2. The van der Waals surface area contributed by atoms with Crippen LogP contribution in [0, 0.1) is 0 Å². The highest BCUT2D eigenvalue weighted by molar-refractivity contribution is 7.45. The second kappa shape index (κ2) is 38.9. The van der Waals surface area contributed by atoms with Crippen LogP contribution in [0.4, 0.5) is 0 Å². The molecule has 9 heteroatoms. The molecule has 0 aromatic carbocycles. The molecule has 0 radical (unpaired) electrons. The van der Waals surface area contributed by atoms with E-state index in [0.717, 1.165) is 96.3 Å². The van der Waals surface area contributed by atoms with E-state index in [2.05, 4.69) is 104 Å². The number of nitrogens with zero attached hydrogens (tertiary/aromatic N) is 1. The summed E-state index contributed by atoms with van der Waals surface area (Å²) in [5.41, 5.74) is 0. The summed E-state index contributed by atoms with van der Waals surface area (Å²) in [6, 6.07) is -0.920. The maximum Gasteiger partial charge on any atom is 0.268 e. The summed E-state index contributed by atoms with van der Waals surface area (Å²) in [6.07, 6.45) is 54.6. The third-order valence-corrected chi connectivity index (χ3v) is 9.97. The number of hydrogen-bond acceptors (Lipinski definition) is 6. The molecule has 1 amide bonds. The van der Waals surface area contributed by atoms with Crippen molar-refractivity contribution in [2.45, 2.75) is 161 Å². The lowest BCUT2D eigenvalue weighted by Gasteiger charge is -2.29. The van der Waals surface area contributed by atoms with Gasteiger partial charge in [0.1, 0.15) is 13.2 Å². The van der Waals surface area contributed by atoms with Gasteiger partial charge in [0, 0.05) is 6.42 Å². The molecule has 0 saturated heterocycles. The lowest BCUT2D eigenvalue weighted by Crippen LogP contribution is -2.45. The van der Waals surface area contributed by atoms with Gasteiger partial charge < -0.3 is 28.8 Å². The Morgan fingerprint density at radius 1 is 0.632 bits per heavy atom. The predicted octanol–water partition coefficient (Wildman–Crippen LogP) is 11.7. The largest absolute Gasteiger partial charge is 0.756 e. The lowest BCUT2D eigenvalue weighted by molar-refractivity contribution is -0.870. The molecule has 0 aliphatic heterocycles. The molecule has 0 fully saturated rings. The van der Waals surface area contributed by atoms with Crippen molar-refractivity contribution in [1.29, 1.82) is 0 Å². The van der Waals surface area contributed by atoms with Gasteiger partial charge >= 0.3 is 0 Å². The van der Waals surface area contributed by atoms with E-state index in [9.17, 15) is 19.4 Å². The van der Waals surface area contributed by atoms with Gasteiger partial charge in [-0.25, -0.2) is 0 Å². The normalized spacial score (nSPS) is 15.3. The number of allylic oxidation sites excluding steroid dienone is 15. The molecule has 3 atom stereocenters. The van der Waals surface area contributed by atoms with Crippen LogP contribution in [-0.4, -0.2) is 68.5 Å². The Morgan fingerprint density at radius 3 is 1.63 bits per heavy atom. The number of phosphoric ester groups is 1. The molecule has 326 valence electrons. The van der Waals surface area contributed by atoms with Crippen LogP contribution in [0.1, 0.15) is 149 Å². The van der Waals surface area contributed by atoms with Crippen molar-refractivity contribution in [3.05, 3.63) is 97.2 Å². The summed E-state index contributed by atoms with van der Waals surface area (Å²) in [7, 11) is 1.21. The molecular weight excluding hydrogens is 732 g/mol. The van der Waals surface area contributed by atoms with Gasteiger partial charge in [0.15, 0.2) is 0 Å². The average Bonchev–Trinajstić information content (AvgIpc) is 3.16. The van der Waals surface area contributed by atoms with Crippen LogP contribution in [0.5, 0.6) is 0 Å². The topological polar surface area (TPSA) is 108 Å². The molecule has 3 unspecified atom stereocenters. The first kappa shape index (κ1) is 54.4. The summed E-state index contributed by atoms with van der Waals surface area (Å²) in [5, 5.41) is 13.7. The summed E-state index contributed by atoms with van der Waals surface area (Å²) in [4.78, 5) is 25.3. The number of carbonyl (C=O) groups is 1. The second-order valence-corrected chi connectivity index (χ2v) is 17.1. The number of phosphoric acid groups is 1. The Balaban J connectivity index is 4.43. The number of rotatable bonds is 38. The Morgan fingerprint density at radius 2 is 1.09 bits per heavy atom. The third kappa shape index (κ3) is 41.4. The Kier molecular flexibility index (Phi) is 37.2. The average molecular weight is 815 g/mol. The SMILES string of the molecule is CC/C=C\C/C=C\C/C=C\C/C=C\C/C=C\CCCCCCCCCC(=O)NC(COP(=O)([O-])OCC[N+](C)(C)C)C(O)/C=C/CC/C=C/CC/C=C/CCCC. The van der Waals surface area contributed by atoms with Crippen molar-refractivity contribution in [3.63, 3.8) is 0 Å². The van der Waals surface area contributed by atoms with Crippen LogP contribution in [0.3, 0.4) is 0 Å². The molecule has 2 N–H and O–H groups in total. The van der Waals surface area contributed by atoms with E-state index in [0.29, 0.717) is 17.4 Å². The van der Waals surface area contributed by atoms with Gasteiger partial charge in [-0.05, 0) is 83.5 Å². The first-order valence-electron chi connectivity index (χ1n) is 22.1. The lowest BCUT2D eigenvalue weighted by atomic mass is 10.1. The molecule has 0 heterocycles. The van der Waals surface area contributed by atoms with Crippen molar-refractivity contribution >= 4 is 13.7 Å². The van der Waals surface area contributed by atoms with Gasteiger partial charge in [0.05, 0.1) is 39.9 Å². The first-order valence-corrected chi connectivity index (χ1v) is 23.6. The fraction of sp³-hybridized carbons (Fsp3) is 0.646. The van der Waals surface area contributed by atoms with E-state index in [1.807, 2.05) is 27.2 Å². The zero-order valence-electron chi connectivity index (χ0n) is 36.7. The Hall–Kier alpha value is -2.58. The van der Waals surface area contributed by atoms with Crippen LogP contribution in [0.15, 0.2) is 97.2 Å². The minimum absolute atomic E-state index is 0.0171. The molecule has 0 bridgehead atoms. The monoisotopic (exact) mass is 815 g/mol. The van der Waals surface area contributed by atoms with Crippen LogP contribution in [0.2, 0.25) is 0 Å². The molecule has 0 spiro atoms. The van der Waals surface area contributed by atoms with E-state index < -0.39 is 26.6 Å². The van der Waals surface area contributed by atoms with Gasteiger partial charge in [-0.1, -0.05) is 156 Å². The number of aliphatic hydroxyl groups excluding tert-OH is 1. The quantitative estimate of drug-likeness (QED) is 0.0278. The molecule has 0 rings (SSSR count). The first-order chi connectivity index (χ1) is 27.5. The van der Waals surface area contributed by atoms with Gasteiger partial charge in [0.2, 0.25) is 5.91 Å². The van der Waals surface area contributed by atoms with Gasteiger partial charge in [-0.15, -0.1) is 0 Å². The Labute approximate surface area is 349 Å². The number of amides is 1. The molecular formula is C48H83N2O6P. The van der Waals surface area contributed by atoms with E-state index >= 15 is 0 Å². The maximum absolute atomic E-state index is 12.8. The van der Waals surface area contributed by atoms with E-state index in [-0.39, 0.29) is 12.5 Å². The molecule has 0 aromatic rings. The van der Waals surface area contributed by atoms with Gasteiger partial charge in [-0.3, -0.25) is 9.36 Å². The number of quaternary nitrogens is 1. The van der Waals surface area contributed by atoms with Crippen molar-refractivity contribution < 1.29 is 32.9 Å². The van der Waals surface area contributed by atoms with Crippen LogP contribution < -0.4 is 10.2 Å². The number of aliphatic hydroxyl groups is 1. The summed E-state index contributed by atoms with van der Waals surface area (Å²) in [5.74, 6) is -0.230. The zero-order valence-corrected chi connectivity index (χ0v) is 37.6. The summed E-state index contributed by atoms with van der Waals surface area (Å²) < 4.78 is 23.1. The fourth-order valence-corrected chi connectivity index (χ4v) is 6.21. The fourth-order valence-electron chi connectivity index (χ4n) is 5.49. The number of nitrogens with one attached hydrogen (secondary N) is 1. The summed E-state index contributed by atoms with van der Waals surface area (Å²) in [6.45, 7) is 4.41. The van der Waals surface area contributed by atoms with Crippen molar-refractivity contribution in [1.82, 2.24) is 5.32 Å². The molecule has 57 heavy (non-hydrogen) atoms. The molecule has 8 nitrogen and oxygen atoms in total. The van der Waals surface area contributed by atoms with Crippen LogP contribution in [-0.2, 0) is 18.4 Å². The third-order valence-electron chi connectivity index (χ3n) is 9.01. The molecule has 0 saturated carbocycles. The second-order valence-electron chi connectivity index (χ2n) is 15.6. The highest BCUT2D eigenvalue weighted by Gasteiger charge is 2.23. The standard InChI is InChI=1S/C48H83N2O6P/c1-6-8-10-12-14-16-18-20-21-22-23-24-25-26-27-28-29-30-32-34-36-38-40-42-48(52)49-46(45-56-57(53,54)55-44-43-50(3,4)5)47(51)41-39-37-35-33-31-19-17-15-13-11-9-7-2/h8,10,13-16,20-21,23-24,26-27,31,33,39,41,46-47,51H,6-7,9,11-12,17-19,22,25,28-30,32,34-38,40,42-45H2,1-5H3,(H-,49,52,53,54)/b10-8-,15-13+,16-14-,21-20-,24-23-,27-26-,33-31+,41-39+. The van der Waals surface area contributed by atoms with Crippen LogP contribution in [0.25, 0.3) is 0 Å². The maximum atomic E-state index is 12.8. The van der Waals surface area contributed by atoms with E-state index in [1.165, 1.54) is 32.1 Å². The summed E-state index contributed by atoms with van der Waals surface area (Å²) >= 11 is 0. The van der Waals surface area contributed by atoms with Crippen molar-refractivity contribution in [2.75, 3.05) is 40.9 Å². The smallest absolute Gasteiger partial charge is 0.268 e. The van der Waals surface area contributed by atoms with Gasteiger partial charge in [-0.2, -0.15) is 0 Å². The number of hydrogen-bond donors (Lipinski definition) is 2. The number of likely N-dealkylation sites (N-methyl/N-ethyl adjacent to an activating group) is 1. The molecule has 0 aromatic heterocycles. The predicted molar refractivity (Wildman–Crippen MR) is 242 cm³/mol.